The van der Waals surface area contributed by atoms with Crippen LogP contribution in [0, 0.1) is 6.92 Å². The Labute approximate surface area is 206 Å². The van der Waals surface area contributed by atoms with Crippen LogP contribution in [-0.2, 0) is 25.8 Å². The van der Waals surface area contributed by atoms with E-state index < -0.39 is 4.87 Å². The van der Waals surface area contributed by atoms with E-state index in [9.17, 15) is 14.4 Å². The molecule has 1 N–H and O–H groups in total. The number of para-hydroxylation sites is 1. The fourth-order valence-electron chi connectivity index (χ4n) is 4.44. The molecule has 0 aromatic heterocycles. The fraction of sp³-hybridized carbons (Fsp3) is 0.192. The molecule has 2 aliphatic rings. The minimum atomic E-state index is -1.23. The highest BCUT2D eigenvalue weighted by molar-refractivity contribution is 8.02. The molecule has 3 aromatic carbocycles. The van der Waals surface area contributed by atoms with Gasteiger partial charge in [-0.05, 0) is 36.8 Å². The normalized spacial score (nSPS) is 19.1. The van der Waals surface area contributed by atoms with Crippen LogP contribution in [0.5, 0.6) is 0 Å². The van der Waals surface area contributed by atoms with Gasteiger partial charge in [0.05, 0.1) is 11.4 Å². The van der Waals surface area contributed by atoms with Gasteiger partial charge in [0.1, 0.15) is 6.54 Å². The van der Waals surface area contributed by atoms with Crippen molar-refractivity contribution in [3.05, 3.63) is 94.5 Å². The third-order valence-corrected chi connectivity index (χ3v) is 7.85. The number of carbonyl (C=O) groups is 3. The lowest BCUT2D eigenvalue weighted by molar-refractivity contribution is -0.125. The number of nitrogens with zero attached hydrogens (tertiary/aromatic N) is 2. The molecule has 1 unspecified atom stereocenters. The molecule has 8 heteroatoms. The first-order valence-electron chi connectivity index (χ1n) is 10.9. The summed E-state index contributed by atoms with van der Waals surface area (Å²) in [5.41, 5.74) is 3.88. The number of anilines is 2. The van der Waals surface area contributed by atoms with Gasteiger partial charge < -0.3 is 5.32 Å². The molecule has 0 saturated carbocycles. The van der Waals surface area contributed by atoms with Gasteiger partial charge in [-0.15, -0.1) is 11.8 Å². The third kappa shape index (κ3) is 3.65. The molecule has 0 aliphatic carbocycles. The minimum absolute atomic E-state index is 0.137. The summed E-state index contributed by atoms with van der Waals surface area (Å²) in [6.07, 6.45) is 0. The van der Waals surface area contributed by atoms with E-state index in [1.165, 1.54) is 16.7 Å². The Morgan fingerprint density at radius 2 is 1.74 bits per heavy atom. The van der Waals surface area contributed by atoms with Crippen molar-refractivity contribution in [3.63, 3.8) is 0 Å². The van der Waals surface area contributed by atoms with Crippen LogP contribution >= 0.6 is 23.4 Å². The van der Waals surface area contributed by atoms with Gasteiger partial charge in [-0.1, -0.05) is 65.7 Å². The summed E-state index contributed by atoms with van der Waals surface area (Å²) in [7, 11) is 0. The molecule has 3 amide bonds. The number of hydrogen-bond donors (Lipinski definition) is 1. The average molecular weight is 492 g/mol. The highest BCUT2D eigenvalue weighted by atomic mass is 35.5. The van der Waals surface area contributed by atoms with Gasteiger partial charge in [0.25, 0.3) is 5.91 Å². The minimum Gasteiger partial charge on any atom is -0.350 e. The maximum atomic E-state index is 14.0. The molecule has 2 aliphatic heterocycles. The van der Waals surface area contributed by atoms with Crippen LogP contribution in [0.2, 0.25) is 5.02 Å². The summed E-state index contributed by atoms with van der Waals surface area (Å²) in [5, 5.41) is 3.42. The predicted molar refractivity (Wildman–Crippen MR) is 135 cm³/mol. The van der Waals surface area contributed by atoms with Gasteiger partial charge in [0.15, 0.2) is 0 Å². The molecule has 1 atom stereocenters. The van der Waals surface area contributed by atoms with Gasteiger partial charge in [-0.2, -0.15) is 0 Å². The molecular weight excluding hydrogens is 470 g/mol. The summed E-state index contributed by atoms with van der Waals surface area (Å²) >= 11 is 7.49. The number of carbonyl (C=O) groups excluding carboxylic acids is 3. The van der Waals surface area contributed by atoms with Crippen molar-refractivity contribution in [2.75, 3.05) is 22.1 Å². The van der Waals surface area contributed by atoms with E-state index in [0.717, 1.165) is 16.7 Å². The topological polar surface area (TPSA) is 69.7 Å². The van der Waals surface area contributed by atoms with Crippen molar-refractivity contribution in [1.82, 2.24) is 5.32 Å². The Hall–Kier alpha value is -3.29. The van der Waals surface area contributed by atoms with E-state index in [4.69, 9.17) is 11.6 Å². The van der Waals surface area contributed by atoms with Crippen LogP contribution in [0.4, 0.5) is 11.4 Å². The molecule has 5 rings (SSSR count). The van der Waals surface area contributed by atoms with Crippen LogP contribution in [0.1, 0.15) is 16.7 Å². The number of hydrogen-bond acceptors (Lipinski definition) is 4. The highest BCUT2D eigenvalue weighted by Crippen LogP contribution is 2.55. The van der Waals surface area contributed by atoms with Gasteiger partial charge in [-0.25, -0.2) is 0 Å². The Kier molecular flexibility index (Phi) is 5.83. The maximum Gasteiger partial charge on any atom is 0.269 e. The zero-order valence-corrected chi connectivity index (χ0v) is 20.0. The zero-order chi connectivity index (χ0) is 23.9. The zero-order valence-electron chi connectivity index (χ0n) is 18.5. The van der Waals surface area contributed by atoms with E-state index in [2.05, 4.69) is 5.32 Å². The van der Waals surface area contributed by atoms with Gasteiger partial charge in [0.2, 0.25) is 16.7 Å². The van der Waals surface area contributed by atoms with E-state index in [1.54, 1.807) is 11.0 Å². The quantitative estimate of drug-likeness (QED) is 0.579. The molecule has 2 heterocycles. The molecule has 1 spiro atoms. The van der Waals surface area contributed by atoms with Crippen molar-refractivity contribution >= 4 is 52.5 Å². The Morgan fingerprint density at radius 3 is 2.50 bits per heavy atom. The van der Waals surface area contributed by atoms with E-state index in [1.807, 2.05) is 73.7 Å². The van der Waals surface area contributed by atoms with Crippen molar-refractivity contribution < 1.29 is 14.4 Å². The standard InChI is InChI=1S/C26H22ClN3O3S/c1-17-10-12-19(13-11-17)30-24(32)16-34-26(30)20-7-3-5-9-22(20)29(25(26)33)15-23(31)28-14-18-6-2-4-8-21(18)27/h2-13H,14-16H2,1H3,(H,28,31). The van der Waals surface area contributed by atoms with Crippen molar-refractivity contribution in [2.24, 2.45) is 0 Å². The number of thioether (sulfide) groups is 1. The van der Waals surface area contributed by atoms with E-state index >= 15 is 0 Å². The smallest absolute Gasteiger partial charge is 0.269 e. The largest absolute Gasteiger partial charge is 0.350 e. The second kappa shape index (κ2) is 8.81. The molecule has 3 aromatic rings. The van der Waals surface area contributed by atoms with Crippen molar-refractivity contribution in [3.8, 4) is 0 Å². The molecule has 172 valence electrons. The number of benzene rings is 3. The van der Waals surface area contributed by atoms with Crippen LogP contribution < -0.4 is 15.1 Å². The van der Waals surface area contributed by atoms with Gasteiger partial charge in [0, 0.05) is 22.8 Å². The lowest BCUT2D eigenvalue weighted by atomic mass is 10.0. The molecule has 34 heavy (non-hydrogen) atoms. The van der Waals surface area contributed by atoms with Crippen LogP contribution in [0.3, 0.4) is 0 Å². The molecule has 0 radical (unpaired) electrons. The summed E-state index contributed by atoms with van der Waals surface area (Å²) in [6, 6.07) is 22.2. The lowest BCUT2D eigenvalue weighted by Crippen LogP contribution is -2.51. The second-order valence-corrected chi connectivity index (χ2v) is 9.85. The van der Waals surface area contributed by atoms with E-state index in [0.29, 0.717) is 16.4 Å². The summed E-state index contributed by atoms with van der Waals surface area (Å²) in [6.45, 7) is 2.08. The number of halogens is 1. The summed E-state index contributed by atoms with van der Waals surface area (Å²) in [5.74, 6) is -0.558. The number of fused-ring (bicyclic) bond motifs is 2. The fourth-order valence-corrected chi connectivity index (χ4v) is 6.00. The van der Waals surface area contributed by atoms with Crippen LogP contribution in [0.25, 0.3) is 0 Å². The molecule has 1 fully saturated rings. The number of amides is 3. The third-order valence-electron chi connectivity index (χ3n) is 6.09. The lowest BCUT2D eigenvalue weighted by Gasteiger charge is -2.33. The SMILES string of the molecule is Cc1ccc(N2C(=O)CSC23C(=O)N(CC(=O)NCc2ccccc2Cl)c2ccccc23)cc1. The number of aryl methyl sites for hydroxylation is 1. The molecule has 6 nitrogen and oxygen atoms in total. The maximum absolute atomic E-state index is 14.0. The van der Waals surface area contributed by atoms with Crippen LogP contribution in [-0.4, -0.2) is 30.0 Å². The predicted octanol–water partition coefficient (Wildman–Crippen LogP) is 4.24. The Bertz CT molecular complexity index is 1300. The Balaban J connectivity index is 1.45. The first kappa shape index (κ1) is 22.5. The monoisotopic (exact) mass is 491 g/mol. The first-order valence-corrected chi connectivity index (χ1v) is 12.2. The second-order valence-electron chi connectivity index (χ2n) is 8.27. The first-order chi connectivity index (χ1) is 16.4. The van der Waals surface area contributed by atoms with Crippen molar-refractivity contribution in [2.45, 2.75) is 18.3 Å². The summed E-state index contributed by atoms with van der Waals surface area (Å²) < 4.78 is 0. The van der Waals surface area contributed by atoms with Gasteiger partial charge in [-0.3, -0.25) is 24.2 Å². The molecular formula is C26H22ClN3O3S. The number of nitrogens with one attached hydrogen (secondary N) is 1. The average Bonchev–Trinajstić information content (AvgIpc) is 3.30. The van der Waals surface area contributed by atoms with Gasteiger partial charge >= 0.3 is 0 Å². The number of rotatable bonds is 5. The Morgan fingerprint density at radius 1 is 1.03 bits per heavy atom. The molecule has 0 bridgehead atoms. The highest BCUT2D eigenvalue weighted by Gasteiger charge is 2.61. The molecule has 1 saturated heterocycles. The van der Waals surface area contributed by atoms with E-state index in [-0.39, 0.29) is 36.6 Å². The summed E-state index contributed by atoms with van der Waals surface area (Å²) in [4.78, 5) is 41.7. The van der Waals surface area contributed by atoms with Crippen LogP contribution in [0.15, 0.2) is 72.8 Å². The van der Waals surface area contributed by atoms with Crippen molar-refractivity contribution in [1.29, 1.82) is 0 Å².